The van der Waals surface area contributed by atoms with E-state index in [0.717, 1.165) is 4.90 Å². The highest BCUT2D eigenvalue weighted by Crippen LogP contribution is 2.34. The van der Waals surface area contributed by atoms with Crippen molar-refractivity contribution < 1.29 is 18.0 Å². The molecule has 1 aliphatic heterocycles. The van der Waals surface area contributed by atoms with Crippen LogP contribution in [0.1, 0.15) is 17.2 Å². The van der Waals surface area contributed by atoms with Crippen molar-refractivity contribution >= 4 is 18.3 Å². The van der Waals surface area contributed by atoms with Gasteiger partial charge in [0.05, 0.1) is 6.04 Å². The third-order valence-electron chi connectivity index (χ3n) is 4.14. The standard InChI is InChI=1S/C18H17F3N2O.ClH/c19-15-8-4-5-13(11-15)16-12-22-9-10-23(16)17(24)18(20,21)14-6-2-1-3-7-14;/h1-8,11,16,22H,9-10,12H2;1H. The summed E-state index contributed by atoms with van der Waals surface area (Å²) in [5.74, 6) is -5.34. The summed E-state index contributed by atoms with van der Waals surface area (Å²) in [7, 11) is 0. The van der Waals surface area contributed by atoms with Crippen molar-refractivity contribution in [1.29, 1.82) is 0 Å². The number of piperazine rings is 1. The molecule has 1 aliphatic rings. The number of carbonyl (C=O) groups is 1. The molecule has 0 radical (unpaired) electrons. The molecule has 0 spiro atoms. The Morgan fingerprint density at radius 2 is 1.84 bits per heavy atom. The van der Waals surface area contributed by atoms with Gasteiger partial charge in [-0.1, -0.05) is 42.5 Å². The molecule has 0 aromatic heterocycles. The lowest BCUT2D eigenvalue weighted by Gasteiger charge is -2.38. The van der Waals surface area contributed by atoms with Gasteiger partial charge in [0.15, 0.2) is 0 Å². The number of nitrogens with one attached hydrogen (secondary N) is 1. The minimum atomic E-state index is -3.62. The molecule has 7 heteroatoms. The summed E-state index contributed by atoms with van der Waals surface area (Å²) in [6.07, 6.45) is 0. The van der Waals surface area contributed by atoms with Crippen molar-refractivity contribution in [3.05, 3.63) is 71.5 Å². The average Bonchev–Trinajstić information content (AvgIpc) is 2.62. The highest BCUT2D eigenvalue weighted by atomic mass is 35.5. The fourth-order valence-electron chi connectivity index (χ4n) is 2.91. The Labute approximate surface area is 150 Å². The zero-order chi connectivity index (χ0) is 17.2. The summed E-state index contributed by atoms with van der Waals surface area (Å²) in [6.45, 7) is 0.866. The molecule has 134 valence electrons. The number of alkyl halides is 2. The van der Waals surface area contributed by atoms with Crippen LogP contribution in [0.5, 0.6) is 0 Å². The number of rotatable bonds is 3. The van der Waals surface area contributed by atoms with E-state index in [-0.39, 0.29) is 24.5 Å². The van der Waals surface area contributed by atoms with Gasteiger partial charge in [0.1, 0.15) is 5.82 Å². The maximum Gasteiger partial charge on any atom is 0.349 e. The predicted octanol–water partition coefficient (Wildman–Crippen LogP) is 3.51. The van der Waals surface area contributed by atoms with Crippen LogP contribution in [0.4, 0.5) is 13.2 Å². The van der Waals surface area contributed by atoms with Crippen LogP contribution in [-0.4, -0.2) is 30.4 Å². The number of nitrogens with zero attached hydrogens (tertiary/aromatic N) is 1. The van der Waals surface area contributed by atoms with Gasteiger partial charge >= 0.3 is 5.92 Å². The van der Waals surface area contributed by atoms with Crippen LogP contribution in [0.2, 0.25) is 0 Å². The third kappa shape index (κ3) is 3.96. The molecular formula is C18H18ClF3N2O. The fraction of sp³-hybridized carbons (Fsp3) is 0.278. The summed E-state index contributed by atoms with van der Waals surface area (Å²) in [5.41, 5.74) is 0.158. The van der Waals surface area contributed by atoms with Crippen molar-refractivity contribution in [2.45, 2.75) is 12.0 Å². The molecule has 0 saturated carbocycles. The average molecular weight is 371 g/mol. The van der Waals surface area contributed by atoms with Gasteiger partial charge in [-0.3, -0.25) is 4.79 Å². The van der Waals surface area contributed by atoms with Gasteiger partial charge in [0.2, 0.25) is 0 Å². The number of benzene rings is 2. The van der Waals surface area contributed by atoms with E-state index in [2.05, 4.69) is 5.32 Å². The predicted molar refractivity (Wildman–Crippen MR) is 91.3 cm³/mol. The second-order valence-electron chi connectivity index (χ2n) is 5.71. The SMILES string of the molecule is Cl.O=C(N1CCNCC1c1cccc(F)c1)C(F)(F)c1ccccc1. The van der Waals surface area contributed by atoms with Crippen LogP contribution < -0.4 is 5.32 Å². The number of carbonyl (C=O) groups excluding carboxylic acids is 1. The van der Waals surface area contributed by atoms with E-state index in [1.807, 2.05) is 0 Å². The first-order chi connectivity index (χ1) is 11.5. The quantitative estimate of drug-likeness (QED) is 0.896. The maximum atomic E-state index is 14.6. The van der Waals surface area contributed by atoms with Gasteiger partial charge in [-0.15, -0.1) is 12.4 Å². The monoisotopic (exact) mass is 370 g/mol. The summed E-state index contributed by atoms with van der Waals surface area (Å²) in [5, 5.41) is 3.07. The van der Waals surface area contributed by atoms with Crippen molar-refractivity contribution in [2.75, 3.05) is 19.6 Å². The topological polar surface area (TPSA) is 32.3 Å². The van der Waals surface area contributed by atoms with Crippen LogP contribution in [0.25, 0.3) is 0 Å². The molecule has 2 aromatic rings. The molecule has 2 aromatic carbocycles. The Morgan fingerprint density at radius 1 is 1.12 bits per heavy atom. The Kier molecular flexibility index (Phi) is 6.08. The molecule has 1 amide bonds. The molecule has 1 unspecified atom stereocenters. The van der Waals surface area contributed by atoms with Gasteiger partial charge < -0.3 is 10.2 Å². The molecule has 0 aliphatic carbocycles. The van der Waals surface area contributed by atoms with E-state index in [4.69, 9.17) is 0 Å². The molecular weight excluding hydrogens is 353 g/mol. The number of amides is 1. The number of hydrogen-bond donors (Lipinski definition) is 1. The van der Waals surface area contributed by atoms with Gasteiger partial charge in [-0.2, -0.15) is 8.78 Å². The zero-order valence-corrected chi connectivity index (χ0v) is 14.1. The lowest BCUT2D eigenvalue weighted by molar-refractivity contribution is -0.162. The van der Waals surface area contributed by atoms with E-state index in [1.54, 1.807) is 12.1 Å². The summed E-state index contributed by atoms with van der Waals surface area (Å²) in [4.78, 5) is 13.7. The third-order valence-corrected chi connectivity index (χ3v) is 4.14. The van der Waals surface area contributed by atoms with Crippen molar-refractivity contribution in [3.63, 3.8) is 0 Å². The molecule has 1 atom stereocenters. The molecule has 1 saturated heterocycles. The summed E-state index contributed by atoms with van der Waals surface area (Å²) < 4.78 is 42.7. The first kappa shape index (κ1) is 19.3. The van der Waals surface area contributed by atoms with E-state index in [9.17, 15) is 18.0 Å². The van der Waals surface area contributed by atoms with Crippen LogP contribution >= 0.6 is 12.4 Å². The van der Waals surface area contributed by atoms with Crippen LogP contribution in [-0.2, 0) is 10.7 Å². The number of hydrogen-bond acceptors (Lipinski definition) is 2. The van der Waals surface area contributed by atoms with Gasteiger partial charge in [-0.05, 0) is 17.7 Å². The van der Waals surface area contributed by atoms with Gasteiger partial charge in [-0.25, -0.2) is 4.39 Å². The Hall–Kier alpha value is -2.05. The van der Waals surface area contributed by atoms with Crippen LogP contribution in [0.3, 0.4) is 0 Å². The van der Waals surface area contributed by atoms with Gasteiger partial charge in [0, 0.05) is 25.2 Å². The molecule has 0 bridgehead atoms. The summed E-state index contributed by atoms with van der Waals surface area (Å²) >= 11 is 0. The molecule has 3 rings (SSSR count). The Morgan fingerprint density at radius 3 is 2.52 bits per heavy atom. The highest BCUT2D eigenvalue weighted by Gasteiger charge is 2.46. The van der Waals surface area contributed by atoms with Crippen molar-refractivity contribution in [1.82, 2.24) is 10.2 Å². The fourth-order valence-corrected chi connectivity index (χ4v) is 2.91. The Balaban J connectivity index is 0.00000225. The van der Waals surface area contributed by atoms with E-state index in [0.29, 0.717) is 18.7 Å². The summed E-state index contributed by atoms with van der Waals surface area (Å²) in [6, 6.07) is 12.1. The molecule has 1 N–H and O–H groups in total. The van der Waals surface area contributed by atoms with E-state index in [1.165, 1.54) is 42.5 Å². The first-order valence-electron chi connectivity index (χ1n) is 7.71. The second-order valence-corrected chi connectivity index (χ2v) is 5.71. The molecule has 1 fully saturated rings. The van der Waals surface area contributed by atoms with Crippen molar-refractivity contribution in [3.8, 4) is 0 Å². The lowest BCUT2D eigenvalue weighted by atomic mass is 10.0. The van der Waals surface area contributed by atoms with E-state index >= 15 is 0 Å². The number of halogens is 4. The minimum absolute atomic E-state index is 0. The van der Waals surface area contributed by atoms with Crippen LogP contribution in [0.15, 0.2) is 54.6 Å². The normalized spacial score (nSPS) is 17.7. The minimum Gasteiger partial charge on any atom is -0.328 e. The highest BCUT2D eigenvalue weighted by molar-refractivity contribution is 5.85. The lowest BCUT2D eigenvalue weighted by Crippen LogP contribution is -2.52. The second kappa shape index (κ2) is 7.89. The largest absolute Gasteiger partial charge is 0.349 e. The first-order valence-corrected chi connectivity index (χ1v) is 7.71. The smallest absolute Gasteiger partial charge is 0.328 e. The van der Waals surface area contributed by atoms with Gasteiger partial charge in [0.25, 0.3) is 5.91 Å². The zero-order valence-electron chi connectivity index (χ0n) is 13.3. The van der Waals surface area contributed by atoms with E-state index < -0.39 is 23.7 Å². The molecule has 3 nitrogen and oxygen atoms in total. The Bertz CT molecular complexity index is 727. The van der Waals surface area contributed by atoms with Crippen molar-refractivity contribution in [2.24, 2.45) is 0 Å². The molecule has 25 heavy (non-hydrogen) atoms. The van der Waals surface area contributed by atoms with Crippen LogP contribution in [0, 0.1) is 5.82 Å². The molecule has 1 heterocycles. The maximum absolute atomic E-state index is 14.6.